The zero-order chi connectivity index (χ0) is 15.2. The van der Waals surface area contributed by atoms with E-state index < -0.39 is 16.2 Å². The van der Waals surface area contributed by atoms with Crippen molar-refractivity contribution in [3.8, 4) is 0 Å². The Hall–Kier alpha value is -3.36. The zero-order valence-electron chi connectivity index (χ0n) is 10.4. The summed E-state index contributed by atoms with van der Waals surface area (Å²) in [4.78, 5) is 41.0. The van der Waals surface area contributed by atoms with Crippen LogP contribution in [0.5, 0.6) is 0 Å². The lowest BCUT2D eigenvalue weighted by atomic mass is 10.2. The van der Waals surface area contributed by atoms with Crippen LogP contribution in [0.4, 0.5) is 5.69 Å². The Labute approximate surface area is 116 Å². The molecule has 0 aliphatic rings. The fraction of sp³-hybridized carbons (Fsp3) is 0. The van der Waals surface area contributed by atoms with E-state index in [0.717, 1.165) is 12.1 Å². The van der Waals surface area contributed by atoms with E-state index in [1.165, 1.54) is 12.4 Å². The van der Waals surface area contributed by atoms with Crippen molar-refractivity contribution in [2.24, 2.45) is 0 Å². The highest BCUT2D eigenvalue weighted by Gasteiger charge is 2.09. The number of hydrogen-bond acceptors (Lipinski definition) is 7. The van der Waals surface area contributed by atoms with Gasteiger partial charge in [0.2, 0.25) is 0 Å². The van der Waals surface area contributed by atoms with Gasteiger partial charge in [0.25, 0.3) is 11.2 Å². The van der Waals surface area contributed by atoms with E-state index in [-0.39, 0.29) is 16.7 Å². The van der Waals surface area contributed by atoms with Gasteiger partial charge >= 0.3 is 5.76 Å². The monoisotopic (exact) mass is 288 g/mol. The molecule has 0 radical (unpaired) electrons. The molecule has 0 unspecified atom stereocenters. The molecule has 3 rings (SSSR count). The van der Waals surface area contributed by atoms with E-state index in [2.05, 4.69) is 14.4 Å². The quantitative estimate of drug-likeness (QED) is 0.518. The van der Waals surface area contributed by atoms with Crippen LogP contribution in [-0.4, -0.2) is 19.9 Å². The second kappa shape index (κ2) is 6.19. The third-order valence-corrected chi connectivity index (χ3v) is 2.31. The maximum absolute atomic E-state index is 11.2. The predicted octanol–water partition coefficient (Wildman–Crippen LogP) is 0.866. The van der Waals surface area contributed by atoms with Gasteiger partial charge < -0.3 is 4.42 Å². The smallest absolute Gasteiger partial charge is 0.409 e. The van der Waals surface area contributed by atoms with Gasteiger partial charge in [-0.3, -0.25) is 19.9 Å². The van der Waals surface area contributed by atoms with Gasteiger partial charge in [0, 0.05) is 24.5 Å². The Morgan fingerprint density at radius 2 is 1.90 bits per heavy atom. The van der Waals surface area contributed by atoms with Crippen molar-refractivity contribution in [2.45, 2.75) is 0 Å². The molecule has 3 aromatic rings. The average Bonchev–Trinajstić information content (AvgIpc) is 2.49. The van der Waals surface area contributed by atoms with E-state index in [9.17, 15) is 19.7 Å². The summed E-state index contributed by atoms with van der Waals surface area (Å²) in [5.74, 6) is -0.888. The maximum Gasteiger partial charge on any atom is 0.419 e. The van der Waals surface area contributed by atoms with Crippen molar-refractivity contribution >= 4 is 16.7 Å². The highest BCUT2D eigenvalue weighted by atomic mass is 16.6. The molecule has 0 bridgehead atoms. The van der Waals surface area contributed by atoms with Crippen molar-refractivity contribution < 1.29 is 9.34 Å². The van der Waals surface area contributed by atoms with Crippen molar-refractivity contribution in [1.82, 2.24) is 15.0 Å². The second-order valence-electron chi connectivity index (χ2n) is 3.69. The van der Waals surface area contributed by atoms with Crippen molar-refractivity contribution in [3.05, 3.63) is 74.0 Å². The number of nitrogens with zero attached hydrogens (tertiary/aromatic N) is 3. The normalized spacial score (nSPS) is 9.71. The number of benzene rings is 1. The number of hydrogen-bond donors (Lipinski definition) is 1. The molecule has 2 heterocycles. The molecular weight excluding hydrogens is 280 g/mol. The number of nitro benzene ring substituents is 1. The highest BCUT2D eigenvalue weighted by molar-refractivity contribution is 5.77. The summed E-state index contributed by atoms with van der Waals surface area (Å²) in [7, 11) is 0. The van der Waals surface area contributed by atoms with Crippen LogP contribution in [0.3, 0.4) is 0 Å². The van der Waals surface area contributed by atoms with Crippen LogP contribution >= 0.6 is 0 Å². The largest absolute Gasteiger partial charge is 0.419 e. The first-order valence-corrected chi connectivity index (χ1v) is 5.59. The number of non-ortho nitro benzene ring substituents is 1. The average molecular weight is 288 g/mol. The number of aromatic nitrogens is 3. The van der Waals surface area contributed by atoms with Gasteiger partial charge in [0.05, 0.1) is 10.3 Å². The summed E-state index contributed by atoms with van der Waals surface area (Å²) in [6.07, 6.45) is 4.88. The number of fused-ring (bicyclic) bond motifs is 1. The molecule has 1 aromatic carbocycles. The molecule has 0 saturated heterocycles. The topological polar surface area (TPSA) is 132 Å². The van der Waals surface area contributed by atoms with Crippen LogP contribution in [-0.2, 0) is 0 Å². The molecule has 9 heteroatoms. The number of nitro groups is 1. The van der Waals surface area contributed by atoms with Crippen LogP contribution in [0.2, 0.25) is 0 Å². The number of rotatable bonds is 1. The molecule has 2 aromatic heterocycles. The number of H-pyrrole nitrogens is 1. The summed E-state index contributed by atoms with van der Waals surface area (Å²) in [5.41, 5.74) is -0.916. The molecule has 0 atom stereocenters. The maximum atomic E-state index is 11.2. The van der Waals surface area contributed by atoms with E-state index in [0.29, 0.717) is 0 Å². The molecule has 106 valence electrons. The molecule has 9 nitrogen and oxygen atoms in total. The van der Waals surface area contributed by atoms with Crippen LogP contribution in [0.25, 0.3) is 11.0 Å². The van der Waals surface area contributed by atoms with E-state index in [4.69, 9.17) is 0 Å². The van der Waals surface area contributed by atoms with Crippen LogP contribution in [0, 0.1) is 10.1 Å². The number of aromatic amines is 1. The van der Waals surface area contributed by atoms with Crippen LogP contribution < -0.4 is 11.3 Å². The van der Waals surface area contributed by atoms with Crippen molar-refractivity contribution in [2.75, 3.05) is 0 Å². The SMILES string of the molecule is O=c1[nH]c(=O)c2cc([N+](=O)[O-])ccc2o1.c1cncnc1. The van der Waals surface area contributed by atoms with Crippen molar-refractivity contribution in [3.63, 3.8) is 0 Å². The first-order valence-electron chi connectivity index (χ1n) is 5.59. The van der Waals surface area contributed by atoms with Gasteiger partial charge in [-0.1, -0.05) is 0 Å². The minimum absolute atomic E-state index is 0.0225. The third-order valence-electron chi connectivity index (χ3n) is 2.31. The standard InChI is InChI=1S/C8H4N2O5.C4H4N2/c11-7-5-3-4(10(13)14)1-2-6(5)15-8(12)9-7;1-2-5-4-6-3-1/h1-3H,(H,9,11,12);1-4H. The third kappa shape index (κ3) is 3.56. The first-order chi connectivity index (χ1) is 10.1. The molecule has 0 saturated carbocycles. The highest BCUT2D eigenvalue weighted by Crippen LogP contribution is 2.16. The summed E-state index contributed by atoms with van der Waals surface area (Å²) in [6.45, 7) is 0. The van der Waals surface area contributed by atoms with E-state index in [1.54, 1.807) is 18.5 Å². The molecule has 21 heavy (non-hydrogen) atoms. The lowest BCUT2D eigenvalue weighted by Gasteiger charge is -1.94. The molecule has 0 amide bonds. The minimum Gasteiger partial charge on any atom is -0.409 e. The fourth-order valence-electron chi connectivity index (χ4n) is 1.44. The van der Waals surface area contributed by atoms with Gasteiger partial charge in [0.1, 0.15) is 11.9 Å². The van der Waals surface area contributed by atoms with Crippen molar-refractivity contribution in [1.29, 1.82) is 0 Å². The summed E-state index contributed by atoms with van der Waals surface area (Å²) >= 11 is 0. The molecule has 0 aliphatic carbocycles. The number of nitrogens with one attached hydrogen (secondary N) is 1. The predicted molar refractivity (Wildman–Crippen MR) is 71.8 cm³/mol. The fourth-order valence-corrected chi connectivity index (χ4v) is 1.44. The molecule has 0 aliphatic heterocycles. The lowest BCUT2D eigenvalue weighted by molar-refractivity contribution is -0.384. The van der Waals surface area contributed by atoms with Gasteiger partial charge in [-0.05, 0) is 12.1 Å². The lowest BCUT2D eigenvalue weighted by Crippen LogP contribution is -2.17. The Bertz CT molecular complexity index is 845. The van der Waals surface area contributed by atoms with Gasteiger partial charge in [-0.2, -0.15) is 0 Å². The Morgan fingerprint density at radius 1 is 1.19 bits per heavy atom. The summed E-state index contributed by atoms with van der Waals surface area (Å²) in [6, 6.07) is 5.20. The minimum atomic E-state index is -0.888. The van der Waals surface area contributed by atoms with E-state index in [1.807, 2.05) is 4.98 Å². The van der Waals surface area contributed by atoms with Gasteiger partial charge in [-0.25, -0.2) is 14.8 Å². The molecule has 0 spiro atoms. The van der Waals surface area contributed by atoms with E-state index >= 15 is 0 Å². The first kappa shape index (κ1) is 14.1. The Balaban J connectivity index is 0.000000225. The second-order valence-corrected chi connectivity index (χ2v) is 3.69. The van der Waals surface area contributed by atoms with Crippen LogP contribution in [0.15, 0.2) is 57.0 Å². The summed E-state index contributed by atoms with van der Waals surface area (Å²) < 4.78 is 4.64. The molecule has 0 fully saturated rings. The molecule has 1 N–H and O–H groups in total. The zero-order valence-corrected chi connectivity index (χ0v) is 10.4. The van der Waals surface area contributed by atoms with Crippen LogP contribution in [0.1, 0.15) is 0 Å². The molecular formula is C12H8N4O5. The Kier molecular flexibility index (Phi) is 4.14. The Morgan fingerprint density at radius 3 is 2.43 bits per heavy atom. The summed E-state index contributed by atoms with van der Waals surface area (Å²) in [5, 5.41) is 10.4. The van der Waals surface area contributed by atoms with Gasteiger partial charge in [-0.15, -0.1) is 0 Å². The van der Waals surface area contributed by atoms with Gasteiger partial charge in [0.15, 0.2) is 0 Å².